The Hall–Kier alpha value is -2.31. The first-order valence-electron chi connectivity index (χ1n) is 9.51. The number of rotatable bonds is 5. The van der Waals surface area contributed by atoms with E-state index < -0.39 is 0 Å². The third-order valence-corrected chi connectivity index (χ3v) is 5.61. The maximum atomic E-state index is 12.9. The molecule has 2 aromatic heterocycles. The molecule has 1 fully saturated rings. The predicted octanol–water partition coefficient (Wildman–Crippen LogP) is 4.35. The van der Waals surface area contributed by atoms with E-state index in [9.17, 15) is 4.79 Å². The van der Waals surface area contributed by atoms with E-state index >= 15 is 0 Å². The van der Waals surface area contributed by atoms with Crippen molar-refractivity contribution in [3.8, 4) is 0 Å². The summed E-state index contributed by atoms with van der Waals surface area (Å²) < 4.78 is 13.3. The fourth-order valence-corrected chi connectivity index (χ4v) is 4.06. The van der Waals surface area contributed by atoms with Crippen molar-refractivity contribution in [2.24, 2.45) is 0 Å². The number of fused-ring (bicyclic) bond motifs is 1. The van der Waals surface area contributed by atoms with Gasteiger partial charge in [-0.05, 0) is 68.1 Å². The van der Waals surface area contributed by atoms with Crippen LogP contribution in [-0.2, 0) is 17.8 Å². The molecule has 0 aliphatic carbocycles. The Bertz CT molecular complexity index is 1020. The minimum absolute atomic E-state index is 0.0649. The van der Waals surface area contributed by atoms with Crippen LogP contribution in [0.15, 0.2) is 28.7 Å². The number of hydrogen-bond donors (Lipinski definition) is 0. The fourth-order valence-electron chi connectivity index (χ4n) is 3.89. The highest BCUT2D eigenvalue weighted by Crippen LogP contribution is 2.23. The van der Waals surface area contributed by atoms with Gasteiger partial charge in [0, 0.05) is 43.7 Å². The first-order chi connectivity index (χ1) is 13.4. The van der Waals surface area contributed by atoms with Crippen LogP contribution in [0.2, 0.25) is 5.35 Å². The molecular formula is C21H24ClN3O3. The highest BCUT2D eigenvalue weighted by molar-refractivity contribution is 6.28. The highest BCUT2D eigenvalue weighted by atomic mass is 35.5. The van der Waals surface area contributed by atoms with Gasteiger partial charge in [-0.1, -0.05) is 0 Å². The number of aromatic nitrogens is 2. The number of hydrogen-bond acceptors (Lipinski definition) is 4. The molecule has 0 bridgehead atoms. The van der Waals surface area contributed by atoms with E-state index in [0.29, 0.717) is 23.2 Å². The maximum absolute atomic E-state index is 12.9. The molecule has 148 valence electrons. The van der Waals surface area contributed by atoms with Gasteiger partial charge in [-0.3, -0.25) is 4.79 Å². The summed E-state index contributed by atoms with van der Waals surface area (Å²) in [7, 11) is 1.81. The van der Waals surface area contributed by atoms with Crippen molar-refractivity contribution in [3.63, 3.8) is 0 Å². The van der Waals surface area contributed by atoms with E-state index in [4.69, 9.17) is 20.8 Å². The van der Waals surface area contributed by atoms with Gasteiger partial charge in [0.15, 0.2) is 5.58 Å². The predicted molar refractivity (Wildman–Crippen MR) is 108 cm³/mol. The first-order valence-corrected chi connectivity index (χ1v) is 9.89. The Morgan fingerprint density at radius 1 is 1.36 bits per heavy atom. The molecule has 1 aliphatic heterocycles. The monoisotopic (exact) mass is 401 g/mol. The van der Waals surface area contributed by atoms with Crippen molar-refractivity contribution in [1.29, 1.82) is 0 Å². The van der Waals surface area contributed by atoms with Crippen molar-refractivity contribution in [2.45, 2.75) is 45.9 Å². The summed E-state index contributed by atoms with van der Waals surface area (Å²) in [5.41, 5.74) is 5.25. The molecule has 0 spiro atoms. The number of carbonyl (C=O) groups excluding carboxylic acids is 1. The summed E-state index contributed by atoms with van der Waals surface area (Å²) in [4.78, 5) is 18.7. The van der Waals surface area contributed by atoms with E-state index in [2.05, 4.69) is 29.5 Å². The quantitative estimate of drug-likeness (QED) is 0.637. The number of oxazole rings is 1. The zero-order chi connectivity index (χ0) is 19.8. The lowest BCUT2D eigenvalue weighted by Crippen LogP contribution is -2.26. The van der Waals surface area contributed by atoms with Gasteiger partial charge in [-0.25, -0.2) is 0 Å². The van der Waals surface area contributed by atoms with Gasteiger partial charge < -0.3 is 18.6 Å². The minimum Gasteiger partial charge on any atom is -0.428 e. The van der Waals surface area contributed by atoms with Gasteiger partial charge in [0.2, 0.25) is 0 Å². The normalized spacial score (nSPS) is 16.8. The van der Waals surface area contributed by atoms with Gasteiger partial charge in [0.05, 0.1) is 6.10 Å². The van der Waals surface area contributed by atoms with Gasteiger partial charge in [0.1, 0.15) is 5.52 Å². The summed E-state index contributed by atoms with van der Waals surface area (Å²) in [5.74, 6) is -0.0649. The number of nitrogens with zero attached hydrogens (tertiary/aromatic N) is 3. The average molecular weight is 402 g/mol. The second-order valence-electron chi connectivity index (χ2n) is 7.45. The van der Waals surface area contributed by atoms with E-state index in [0.717, 1.165) is 31.6 Å². The minimum atomic E-state index is -0.0649. The molecule has 1 amide bonds. The Morgan fingerprint density at radius 2 is 2.18 bits per heavy atom. The van der Waals surface area contributed by atoms with E-state index in [1.807, 2.05) is 7.05 Å². The molecule has 28 heavy (non-hydrogen) atoms. The van der Waals surface area contributed by atoms with Crippen molar-refractivity contribution in [1.82, 2.24) is 14.5 Å². The van der Waals surface area contributed by atoms with Crippen LogP contribution in [0.4, 0.5) is 0 Å². The van der Waals surface area contributed by atoms with Crippen LogP contribution in [-0.4, -0.2) is 40.1 Å². The van der Waals surface area contributed by atoms with Crippen molar-refractivity contribution < 1.29 is 13.9 Å². The molecule has 1 atom stereocenters. The van der Waals surface area contributed by atoms with E-state index in [1.165, 1.54) is 11.4 Å². The summed E-state index contributed by atoms with van der Waals surface area (Å²) in [6.07, 6.45) is 2.53. The van der Waals surface area contributed by atoms with Crippen molar-refractivity contribution >= 4 is 28.6 Å². The molecule has 1 saturated heterocycles. The third-order valence-electron chi connectivity index (χ3n) is 5.45. The maximum Gasteiger partial charge on any atom is 0.293 e. The molecule has 0 radical (unpaired) electrons. The molecule has 4 rings (SSSR count). The molecule has 1 aromatic carbocycles. The summed E-state index contributed by atoms with van der Waals surface area (Å²) in [5, 5.41) is 0.0756. The Labute approximate surface area is 169 Å². The molecule has 0 N–H and O–H groups in total. The SMILES string of the molecule is Cc1cc(CN(C)C(=O)c2ccc3oc(Cl)nc3c2)c(C)n1C[C@H]1CCCO1. The zero-order valence-electron chi connectivity index (χ0n) is 16.4. The topological polar surface area (TPSA) is 60.5 Å². The standard InChI is InChI=1S/C21H24ClN3O3/c1-13-9-16(14(2)25(13)12-17-5-4-8-27-17)11-24(3)20(26)15-6-7-19-18(10-15)23-21(22)28-19/h6-7,9-10,17H,4-5,8,11-12H2,1-3H3/t17-/m1/s1. The van der Waals surface area contributed by atoms with Crippen LogP contribution in [0, 0.1) is 13.8 Å². The van der Waals surface area contributed by atoms with Crippen LogP contribution < -0.4 is 0 Å². The van der Waals surface area contributed by atoms with Crippen LogP contribution in [0.5, 0.6) is 0 Å². The van der Waals surface area contributed by atoms with Crippen LogP contribution in [0.1, 0.15) is 40.2 Å². The zero-order valence-corrected chi connectivity index (χ0v) is 17.1. The molecular weight excluding hydrogens is 378 g/mol. The summed E-state index contributed by atoms with van der Waals surface area (Å²) in [6.45, 7) is 6.49. The lowest BCUT2D eigenvalue weighted by atomic mass is 10.1. The van der Waals surface area contributed by atoms with Crippen LogP contribution in [0.25, 0.3) is 11.1 Å². The van der Waals surface area contributed by atoms with E-state index in [-0.39, 0.29) is 17.4 Å². The van der Waals surface area contributed by atoms with Crippen LogP contribution >= 0.6 is 11.6 Å². The molecule has 3 aromatic rings. The van der Waals surface area contributed by atoms with Crippen LogP contribution in [0.3, 0.4) is 0 Å². The van der Waals surface area contributed by atoms with Crippen molar-refractivity contribution in [2.75, 3.05) is 13.7 Å². The van der Waals surface area contributed by atoms with Gasteiger partial charge in [0.25, 0.3) is 11.3 Å². The Morgan fingerprint density at radius 3 is 2.93 bits per heavy atom. The number of amides is 1. The number of ether oxygens (including phenoxy) is 1. The summed E-state index contributed by atoms with van der Waals surface area (Å²) >= 11 is 5.80. The second kappa shape index (κ2) is 7.60. The third kappa shape index (κ3) is 3.66. The lowest BCUT2D eigenvalue weighted by Gasteiger charge is -2.18. The average Bonchev–Trinajstić information content (AvgIpc) is 3.36. The number of halogens is 1. The number of benzene rings is 1. The summed E-state index contributed by atoms with van der Waals surface area (Å²) in [6, 6.07) is 7.34. The first kappa shape index (κ1) is 19.0. The largest absolute Gasteiger partial charge is 0.428 e. The fraction of sp³-hybridized carbons (Fsp3) is 0.429. The van der Waals surface area contributed by atoms with Gasteiger partial charge in [-0.2, -0.15) is 4.98 Å². The number of carbonyl (C=O) groups is 1. The smallest absolute Gasteiger partial charge is 0.293 e. The molecule has 7 heteroatoms. The van der Waals surface area contributed by atoms with Gasteiger partial charge in [-0.15, -0.1) is 0 Å². The molecule has 1 aliphatic rings. The molecule has 3 heterocycles. The molecule has 6 nitrogen and oxygen atoms in total. The Balaban J connectivity index is 1.50. The molecule has 0 saturated carbocycles. The molecule has 0 unspecified atom stereocenters. The number of aryl methyl sites for hydroxylation is 1. The lowest BCUT2D eigenvalue weighted by molar-refractivity contribution is 0.0784. The highest BCUT2D eigenvalue weighted by Gasteiger charge is 2.20. The Kier molecular flexibility index (Phi) is 5.17. The van der Waals surface area contributed by atoms with Crippen molar-refractivity contribution in [3.05, 3.63) is 52.1 Å². The van der Waals surface area contributed by atoms with Gasteiger partial charge >= 0.3 is 0 Å². The second-order valence-corrected chi connectivity index (χ2v) is 7.78. The van der Waals surface area contributed by atoms with E-state index in [1.54, 1.807) is 23.1 Å².